The Labute approximate surface area is 101 Å². The van der Waals surface area contributed by atoms with Crippen molar-refractivity contribution in [2.75, 3.05) is 0 Å². The Morgan fingerprint density at radius 3 is 2.18 bits per heavy atom. The van der Waals surface area contributed by atoms with Crippen LogP contribution in [0, 0.1) is 5.82 Å². The molecule has 0 amide bonds. The predicted octanol–water partition coefficient (Wildman–Crippen LogP) is 4.19. The number of hydrogen-bond donors (Lipinski definition) is 0. The maximum absolute atomic E-state index is 13.1. The maximum Gasteiger partial charge on any atom is 0.126 e. The average Bonchev–Trinajstić information content (AvgIpc) is 2.28. The zero-order valence-corrected chi connectivity index (χ0v) is 10.4. The second-order valence-corrected chi connectivity index (χ2v) is 5.19. The molecule has 1 nitrogen and oxygen atoms in total. The Morgan fingerprint density at radius 2 is 1.65 bits per heavy atom. The van der Waals surface area contributed by atoms with Crippen molar-refractivity contribution < 1.29 is 4.39 Å². The minimum absolute atomic E-state index is 0.133. The number of benzene rings is 1. The van der Waals surface area contributed by atoms with Gasteiger partial charge in [-0.1, -0.05) is 45.0 Å². The summed E-state index contributed by atoms with van der Waals surface area (Å²) in [5.41, 5.74) is 3.01. The molecule has 0 unspecified atom stereocenters. The van der Waals surface area contributed by atoms with Crippen LogP contribution in [0.15, 0.2) is 42.6 Å². The summed E-state index contributed by atoms with van der Waals surface area (Å²) in [5.74, 6) is -0.255. The van der Waals surface area contributed by atoms with Crippen LogP contribution in [0.25, 0.3) is 11.3 Å². The van der Waals surface area contributed by atoms with E-state index in [-0.39, 0.29) is 11.2 Å². The highest BCUT2D eigenvalue weighted by Crippen LogP contribution is 2.25. The smallest absolute Gasteiger partial charge is 0.126 e. The molecule has 0 spiro atoms. The Hall–Kier alpha value is -1.70. The lowest BCUT2D eigenvalue weighted by Gasteiger charge is -2.19. The topological polar surface area (TPSA) is 12.9 Å². The first-order valence-corrected chi connectivity index (χ1v) is 5.69. The summed E-state index contributed by atoms with van der Waals surface area (Å²) < 4.78 is 13.1. The molecule has 0 radical (unpaired) electrons. The van der Waals surface area contributed by atoms with Crippen LogP contribution in [-0.4, -0.2) is 4.98 Å². The number of aromatic nitrogens is 1. The van der Waals surface area contributed by atoms with E-state index in [2.05, 4.69) is 37.9 Å². The molecule has 1 aromatic carbocycles. The van der Waals surface area contributed by atoms with Crippen molar-refractivity contribution in [3.63, 3.8) is 0 Å². The van der Waals surface area contributed by atoms with E-state index in [4.69, 9.17) is 0 Å². The normalized spacial score (nSPS) is 11.5. The van der Waals surface area contributed by atoms with Crippen molar-refractivity contribution in [3.8, 4) is 11.3 Å². The summed E-state index contributed by atoms with van der Waals surface area (Å²) in [6.07, 6.45) is 1.49. The van der Waals surface area contributed by atoms with Gasteiger partial charge in [0.25, 0.3) is 0 Å². The molecule has 1 aromatic heterocycles. The summed E-state index contributed by atoms with van der Waals surface area (Å²) in [6, 6.07) is 10.9. The fourth-order valence-electron chi connectivity index (χ4n) is 1.70. The minimum atomic E-state index is -0.255. The molecule has 2 aromatic rings. The van der Waals surface area contributed by atoms with Gasteiger partial charge in [0.1, 0.15) is 5.82 Å². The van der Waals surface area contributed by atoms with E-state index in [1.54, 1.807) is 0 Å². The Balaban J connectivity index is 2.36. The highest BCUT2D eigenvalue weighted by molar-refractivity contribution is 5.59. The second-order valence-electron chi connectivity index (χ2n) is 5.19. The lowest BCUT2D eigenvalue weighted by Crippen LogP contribution is -2.10. The summed E-state index contributed by atoms with van der Waals surface area (Å²) >= 11 is 0. The van der Waals surface area contributed by atoms with Gasteiger partial charge < -0.3 is 0 Å². The van der Waals surface area contributed by atoms with Gasteiger partial charge in [0.2, 0.25) is 0 Å². The van der Waals surface area contributed by atoms with E-state index < -0.39 is 0 Å². The van der Waals surface area contributed by atoms with Gasteiger partial charge >= 0.3 is 0 Å². The van der Waals surface area contributed by atoms with Crippen LogP contribution in [0.4, 0.5) is 4.39 Å². The van der Waals surface area contributed by atoms with Gasteiger partial charge in [0.15, 0.2) is 0 Å². The van der Waals surface area contributed by atoms with Gasteiger partial charge in [-0.25, -0.2) is 4.39 Å². The van der Waals surface area contributed by atoms with E-state index in [0.29, 0.717) is 5.69 Å². The Kier molecular flexibility index (Phi) is 2.97. The van der Waals surface area contributed by atoms with Crippen LogP contribution in [0.3, 0.4) is 0 Å². The maximum atomic E-state index is 13.1. The molecule has 0 saturated heterocycles. The highest BCUT2D eigenvalue weighted by atomic mass is 19.1. The molecular weight excluding hydrogens is 213 g/mol. The Bertz CT molecular complexity index is 509. The summed E-state index contributed by atoms with van der Waals surface area (Å²) in [7, 11) is 0. The fourth-order valence-corrected chi connectivity index (χ4v) is 1.70. The van der Waals surface area contributed by atoms with Crippen molar-refractivity contribution in [3.05, 3.63) is 54.0 Å². The van der Waals surface area contributed by atoms with E-state index >= 15 is 0 Å². The van der Waals surface area contributed by atoms with Gasteiger partial charge in [0.05, 0.1) is 5.69 Å². The second kappa shape index (κ2) is 4.28. The van der Waals surface area contributed by atoms with E-state index in [1.165, 1.54) is 23.9 Å². The lowest BCUT2D eigenvalue weighted by atomic mass is 9.86. The molecule has 88 valence electrons. The number of pyridine rings is 1. The van der Waals surface area contributed by atoms with Crippen LogP contribution in [-0.2, 0) is 5.41 Å². The number of halogens is 1. The Morgan fingerprint density at radius 1 is 1.00 bits per heavy atom. The van der Waals surface area contributed by atoms with Crippen LogP contribution in [0.5, 0.6) is 0 Å². The van der Waals surface area contributed by atoms with E-state index in [1.807, 2.05) is 12.1 Å². The van der Waals surface area contributed by atoms with Crippen LogP contribution >= 0.6 is 0 Å². The predicted molar refractivity (Wildman–Crippen MR) is 68.3 cm³/mol. The third-order valence-electron chi connectivity index (χ3n) is 2.77. The molecule has 0 atom stereocenters. The first-order valence-electron chi connectivity index (χ1n) is 5.69. The van der Waals surface area contributed by atoms with Gasteiger partial charge in [-0.3, -0.25) is 4.98 Å². The van der Waals surface area contributed by atoms with E-state index in [9.17, 15) is 4.39 Å². The van der Waals surface area contributed by atoms with Crippen LogP contribution in [0.1, 0.15) is 26.3 Å². The average molecular weight is 229 g/mol. The SMILES string of the molecule is CC(C)(C)c1ccc(-c2cc(F)ccn2)cc1. The summed E-state index contributed by atoms with van der Waals surface area (Å²) in [4.78, 5) is 4.16. The van der Waals surface area contributed by atoms with Crippen molar-refractivity contribution in [2.24, 2.45) is 0 Å². The quantitative estimate of drug-likeness (QED) is 0.714. The van der Waals surface area contributed by atoms with Crippen molar-refractivity contribution in [2.45, 2.75) is 26.2 Å². The largest absolute Gasteiger partial charge is 0.256 e. The van der Waals surface area contributed by atoms with Gasteiger partial charge in [-0.05, 0) is 17.0 Å². The van der Waals surface area contributed by atoms with E-state index in [0.717, 1.165) is 5.56 Å². The molecule has 1 heterocycles. The molecule has 17 heavy (non-hydrogen) atoms. The number of nitrogens with zero attached hydrogens (tertiary/aromatic N) is 1. The molecule has 0 bridgehead atoms. The molecule has 0 saturated carbocycles. The first kappa shape index (κ1) is 11.8. The zero-order chi connectivity index (χ0) is 12.5. The zero-order valence-electron chi connectivity index (χ0n) is 10.4. The van der Waals surface area contributed by atoms with Crippen LogP contribution in [0.2, 0.25) is 0 Å². The van der Waals surface area contributed by atoms with Gasteiger partial charge in [-0.15, -0.1) is 0 Å². The fraction of sp³-hybridized carbons (Fsp3) is 0.267. The molecule has 2 heteroatoms. The molecule has 0 N–H and O–H groups in total. The number of hydrogen-bond acceptors (Lipinski definition) is 1. The van der Waals surface area contributed by atoms with Gasteiger partial charge in [0, 0.05) is 17.8 Å². The molecular formula is C15H16FN. The van der Waals surface area contributed by atoms with Crippen molar-refractivity contribution >= 4 is 0 Å². The standard InChI is InChI=1S/C15H16FN/c1-15(2,3)12-6-4-11(5-7-12)14-10-13(16)8-9-17-14/h4-10H,1-3H3. The summed E-state index contributed by atoms with van der Waals surface area (Å²) in [6.45, 7) is 6.51. The third kappa shape index (κ3) is 2.70. The lowest BCUT2D eigenvalue weighted by molar-refractivity contribution is 0.590. The minimum Gasteiger partial charge on any atom is -0.256 e. The third-order valence-corrected chi connectivity index (χ3v) is 2.77. The number of rotatable bonds is 1. The van der Waals surface area contributed by atoms with Crippen molar-refractivity contribution in [1.29, 1.82) is 0 Å². The monoisotopic (exact) mass is 229 g/mol. The van der Waals surface area contributed by atoms with Crippen LogP contribution < -0.4 is 0 Å². The van der Waals surface area contributed by atoms with Crippen molar-refractivity contribution in [1.82, 2.24) is 4.98 Å². The molecule has 2 rings (SSSR count). The summed E-state index contributed by atoms with van der Waals surface area (Å²) in [5, 5.41) is 0. The first-order chi connectivity index (χ1) is 7.97. The molecule has 0 fully saturated rings. The molecule has 0 aliphatic heterocycles. The highest BCUT2D eigenvalue weighted by Gasteiger charge is 2.13. The van der Waals surface area contributed by atoms with Gasteiger partial charge in [-0.2, -0.15) is 0 Å². The molecule has 0 aliphatic rings. The molecule has 0 aliphatic carbocycles.